The largest absolute Gasteiger partial charge is 0.396 e. The van der Waals surface area contributed by atoms with Gasteiger partial charge in [0.25, 0.3) is 0 Å². The van der Waals surface area contributed by atoms with Gasteiger partial charge in [-0.25, -0.2) is 0 Å². The molecule has 0 fully saturated rings. The highest BCUT2D eigenvalue weighted by Gasteiger charge is 2.47. The van der Waals surface area contributed by atoms with E-state index in [0.717, 1.165) is 146 Å². The summed E-state index contributed by atoms with van der Waals surface area (Å²) in [5, 5.41) is 113. The molecule has 0 saturated carbocycles. The molecule has 3 unspecified atom stereocenters. The Hall–Kier alpha value is -4.23. The zero-order chi connectivity index (χ0) is 88.3. The van der Waals surface area contributed by atoms with Crippen molar-refractivity contribution < 1.29 is 40.9 Å². The second-order valence-corrected chi connectivity index (χ2v) is 46.1. The number of halogens is 1. The smallest absolute Gasteiger partial charge is 0.144 e. The lowest BCUT2D eigenvalue weighted by Gasteiger charge is -2.29. The summed E-state index contributed by atoms with van der Waals surface area (Å²) in [4.78, 5) is 17.1. The SMILES string of the molecule is CC(C)(O)c1ccsc1-c1cccs1.CC(O)(CCCCCCCCO)c1ccsc1-c1cccs1.CC(O)(CCl)c1ccsc1-c1cccs1.CCCCCC(O)(CCCCC)c1ccsc1-c1cccs1.CCCCCCCCC(O)(CCCCCCCCO)c1ccsc1-c1cccs1.OC1(c2ccsc2-c2cccs2)c2ccsc2-c2sccc21. The Morgan fingerprint density at radius 1 is 0.258 bits per heavy atom. The molecule has 8 nitrogen and oxygen atoms in total. The van der Waals surface area contributed by atoms with Crippen molar-refractivity contribution in [1.82, 2.24) is 0 Å². The van der Waals surface area contributed by atoms with Crippen LogP contribution in [0.4, 0.5) is 0 Å². The summed E-state index contributed by atoms with van der Waals surface area (Å²) in [6.07, 6.45) is 32.2. The fourth-order valence-corrected chi connectivity index (χ4v) is 29.4. The van der Waals surface area contributed by atoms with Gasteiger partial charge in [0.1, 0.15) is 11.2 Å². The summed E-state index contributed by atoms with van der Waals surface area (Å²) in [7, 11) is 0. The number of aliphatic hydroxyl groups excluding tert-OH is 2. The summed E-state index contributed by atoms with van der Waals surface area (Å²) in [5.74, 6) is 0.210. The summed E-state index contributed by atoms with van der Waals surface area (Å²) >= 11 is 29.9. The molecule has 8 N–H and O–H groups in total. The van der Waals surface area contributed by atoms with E-state index in [2.05, 4.69) is 177 Å². The topological polar surface area (TPSA) is 162 Å². The van der Waals surface area contributed by atoms with Crippen LogP contribution in [-0.4, -0.2) is 59.9 Å². The van der Waals surface area contributed by atoms with Gasteiger partial charge in [-0.2, -0.15) is 0 Å². The van der Waals surface area contributed by atoms with E-state index in [9.17, 15) is 30.6 Å². The van der Waals surface area contributed by atoms with E-state index in [1.807, 2.05) is 61.2 Å². The molecule has 0 amide bonds. The summed E-state index contributed by atoms with van der Waals surface area (Å²) in [6.45, 7) is 14.6. The molecule has 23 heteroatoms. The minimum atomic E-state index is -1.01. The Morgan fingerprint density at radius 3 is 0.823 bits per heavy atom. The second kappa shape index (κ2) is 52.1. The van der Waals surface area contributed by atoms with E-state index in [0.29, 0.717) is 13.2 Å². The monoisotopic (exact) mass is 1950 g/mol. The number of aliphatic hydroxyl groups is 8. The van der Waals surface area contributed by atoms with Crippen LogP contribution in [0.1, 0.15) is 279 Å². The first-order chi connectivity index (χ1) is 60.1. The first-order valence-corrected chi connectivity index (χ1v) is 56.9. The lowest BCUT2D eigenvalue weighted by atomic mass is 9.83. The molecule has 0 bridgehead atoms. The van der Waals surface area contributed by atoms with Gasteiger partial charge in [-0.3, -0.25) is 0 Å². The minimum absolute atomic E-state index is 0.210. The fraction of sp³-hybridized carbons (Fsp3) is 0.446. The fourth-order valence-electron chi connectivity index (χ4n) is 15.8. The van der Waals surface area contributed by atoms with Crippen LogP contribution in [0.3, 0.4) is 0 Å². The quantitative estimate of drug-likeness (QED) is 0.0138. The Morgan fingerprint density at radius 2 is 0.500 bits per heavy atom. The molecule has 0 aromatic carbocycles. The number of fused-ring (bicyclic) bond motifs is 3. The van der Waals surface area contributed by atoms with Gasteiger partial charge in [-0.15, -0.1) is 170 Å². The van der Waals surface area contributed by atoms with Crippen LogP contribution < -0.4 is 0 Å². The zero-order valence-corrected chi connectivity index (χ0v) is 85.1. The molecule has 14 aromatic rings. The van der Waals surface area contributed by atoms with Crippen molar-refractivity contribution in [2.75, 3.05) is 19.1 Å². The van der Waals surface area contributed by atoms with Crippen LogP contribution in [-0.2, 0) is 33.6 Å². The third-order valence-electron chi connectivity index (χ3n) is 22.7. The van der Waals surface area contributed by atoms with Crippen molar-refractivity contribution in [3.05, 3.63) is 241 Å². The first-order valence-electron chi connectivity index (χ1n) is 44.1. The highest BCUT2D eigenvalue weighted by atomic mass is 35.5. The van der Waals surface area contributed by atoms with Gasteiger partial charge < -0.3 is 40.9 Å². The Kier molecular flexibility index (Phi) is 42.8. The maximum Gasteiger partial charge on any atom is 0.144 e. The predicted octanol–water partition coefficient (Wildman–Crippen LogP) is 33.9. The van der Waals surface area contributed by atoms with Gasteiger partial charge in [0, 0.05) is 87.0 Å². The van der Waals surface area contributed by atoms with Gasteiger partial charge in [-0.1, -0.05) is 198 Å². The maximum absolute atomic E-state index is 11.8. The van der Waals surface area contributed by atoms with Crippen LogP contribution in [0, 0.1) is 0 Å². The van der Waals surface area contributed by atoms with Crippen molar-refractivity contribution in [3.63, 3.8) is 0 Å². The number of alkyl halides is 1. The van der Waals surface area contributed by atoms with Gasteiger partial charge in [0.15, 0.2) is 0 Å². The molecule has 1 aliphatic carbocycles. The second-order valence-electron chi connectivity index (χ2n) is 32.8. The van der Waals surface area contributed by atoms with Crippen molar-refractivity contribution in [2.45, 2.75) is 268 Å². The third kappa shape index (κ3) is 28.4. The average molecular weight is 1950 g/mol. The Balaban J connectivity index is 0.000000158. The molecule has 14 heterocycles. The standard InChI is InChI=1S/C25H40O2S2.C19H28OS2.C18H26O2S2.C17H10OS4.C11H11ClOS2.C11H12OS2/c1-2-3-4-5-8-11-17-25(27,18-12-9-6-7-10-13-19-26)22-16-21-29-24(22)23-15-14-20-28-23;1-3-5-7-12-19(20,13-8-6-4-2)16-11-15-22-18(16)17-10-9-14-21-17;1-18(20,11-6-4-2-3-5-7-12-19)15-10-14-22-17(15)16-9-8-13-21-16;18-17(10-3-7-20-14(10)13-2-1-6-19-13)11-4-8-21-15(11)16-12(17)5-9-22-16;1-11(13,7-12)8-4-6-15-10(8)9-3-2-5-14-9;1-11(2,12)8-5-7-14-10(8)9-4-3-6-13-9/h14-16,20-21,26-27H,2-13,17-19H2,1H3;9-11,14-15,20H,3-8,12-13H2,1-2H3;8-10,13-14,19-20H,2-7,11-12H2,1H3;1-9,18H;2-6,13H,7H2,1H3;3-7,12H,1-2H3. The molecule has 0 aliphatic heterocycles. The van der Waals surface area contributed by atoms with Crippen LogP contribution in [0.25, 0.3) is 68.3 Å². The summed E-state index contributed by atoms with van der Waals surface area (Å²) in [5.41, 5.74) is 3.61. The normalized spacial score (nSPS) is 13.6. The summed E-state index contributed by atoms with van der Waals surface area (Å²) in [6, 6.07) is 41.7. The Labute approximate surface area is 799 Å². The van der Waals surface area contributed by atoms with E-state index in [1.165, 1.54) is 153 Å². The van der Waals surface area contributed by atoms with E-state index >= 15 is 0 Å². The van der Waals surface area contributed by atoms with Gasteiger partial charge >= 0.3 is 0 Å². The van der Waals surface area contributed by atoms with Crippen LogP contribution in [0.5, 0.6) is 0 Å². The number of rotatable bonds is 44. The van der Waals surface area contributed by atoms with Crippen LogP contribution in [0.15, 0.2) is 197 Å². The van der Waals surface area contributed by atoms with Gasteiger partial charge in [0.2, 0.25) is 0 Å². The molecular formula is C101H127ClO8S14. The number of hydrogen-bond acceptors (Lipinski definition) is 22. The third-order valence-corrected chi connectivity index (χ3v) is 37.0. The molecular weight excluding hydrogens is 1830 g/mol. The number of unbranched alkanes of at least 4 members (excludes halogenated alkanes) is 19. The minimum Gasteiger partial charge on any atom is -0.396 e. The van der Waals surface area contributed by atoms with Crippen molar-refractivity contribution >= 4 is 170 Å². The summed E-state index contributed by atoms with van der Waals surface area (Å²) < 4.78 is 0. The van der Waals surface area contributed by atoms with Crippen molar-refractivity contribution in [1.29, 1.82) is 0 Å². The van der Waals surface area contributed by atoms with Crippen molar-refractivity contribution in [3.8, 4) is 68.3 Å². The van der Waals surface area contributed by atoms with Crippen LogP contribution in [0.2, 0.25) is 0 Å². The molecule has 14 aromatic heterocycles. The van der Waals surface area contributed by atoms with Gasteiger partial charge in [0.05, 0.1) is 67.3 Å². The molecule has 1 aliphatic rings. The molecule has 670 valence electrons. The molecule has 0 spiro atoms. The lowest BCUT2D eigenvalue weighted by molar-refractivity contribution is 0.0139. The highest BCUT2D eigenvalue weighted by Crippen LogP contribution is 2.58. The van der Waals surface area contributed by atoms with E-state index in [1.54, 1.807) is 166 Å². The zero-order valence-electron chi connectivity index (χ0n) is 72.9. The van der Waals surface area contributed by atoms with E-state index < -0.39 is 33.6 Å². The number of hydrogen-bond donors (Lipinski definition) is 8. The average Bonchev–Trinajstić information content (AvgIpc) is 1.54. The Bertz CT molecular complexity index is 5060. The van der Waals surface area contributed by atoms with Crippen molar-refractivity contribution in [2.24, 2.45) is 0 Å². The van der Waals surface area contributed by atoms with E-state index in [-0.39, 0.29) is 5.88 Å². The molecule has 124 heavy (non-hydrogen) atoms. The molecule has 0 radical (unpaired) electrons. The lowest BCUT2D eigenvalue weighted by Crippen LogP contribution is -2.26. The molecule has 3 atom stereocenters. The van der Waals surface area contributed by atoms with E-state index in [4.69, 9.17) is 21.8 Å². The highest BCUT2D eigenvalue weighted by molar-refractivity contribution is 7.24. The predicted molar refractivity (Wildman–Crippen MR) is 554 cm³/mol. The first kappa shape index (κ1) is 102. The number of thiophene rings is 14. The maximum atomic E-state index is 11.8. The molecule has 0 saturated heterocycles. The van der Waals surface area contributed by atoms with Crippen LogP contribution >= 0.6 is 170 Å². The van der Waals surface area contributed by atoms with Gasteiger partial charge in [-0.05, 0) is 233 Å². The molecule has 15 rings (SSSR count).